The zero-order valence-electron chi connectivity index (χ0n) is 17.2. The van der Waals surface area contributed by atoms with Crippen molar-refractivity contribution in [2.24, 2.45) is 0 Å². The highest BCUT2D eigenvalue weighted by Gasteiger charge is 2.15. The zero-order valence-corrected chi connectivity index (χ0v) is 17.2. The van der Waals surface area contributed by atoms with Crippen LogP contribution in [0.2, 0.25) is 0 Å². The van der Waals surface area contributed by atoms with Gasteiger partial charge in [0, 0.05) is 30.1 Å². The number of para-hydroxylation sites is 1. The lowest BCUT2D eigenvalue weighted by Gasteiger charge is -2.25. The molecule has 0 fully saturated rings. The molecule has 3 rings (SSSR count). The van der Waals surface area contributed by atoms with Crippen molar-refractivity contribution < 1.29 is 4.79 Å². The Balaban J connectivity index is 1.49. The van der Waals surface area contributed by atoms with Crippen molar-refractivity contribution in [3.63, 3.8) is 0 Å². The standard InChI is InChI=1S/C24H31N3O/c1-4-18-12-14-19(15-13-18)23(27(2)3)17-26-24(28)11-7-8-20-16-25-22-10-6-5-9-21(20)22/h5-6,9-10,12-16,23,25H,4,7-8,11,17H2,1-3H3,(H,26,28)/t23-/m0/s1. The molecule has 0 radical (unpaired) electrons. The summed E-state index contributed by atoms with van der Waals surface area (Å²) in [5, 5.41) is 4.38. The third-order valence-electron chi connectivity index (χ3n) is 5.41. The fourth-order valence-electron chi connectivity index (χ4n) is 3.65. The first-order valence-corrected chi connectivity index (χ1v) is 10.2. The summed E-state index contributed by atoms with van der Waals surface area (Å²) in [5.41, 5.74) is 5.01. The average Bonchev–Trinajstić information content (AvgIpc) is 3.11. The molecule has 2 N–H and O–H groups in total. The maximum absolute atomic E-state index is 12.4. The first kappa shape index (κ1) is 20.2. The number of hydrogen-bond acceptors (Lipinski definition) is 2. The van der Waals surface area contributed by atoms with Crippen LogP contribution < -0.4 is 5.32 Å². The number of hydrogen-bond donors (Lipinski definition) is 2. The van der Waals surface area contributed by atoms with Crippen LogP contribution in [0.3, 0.4) is 0 Å². The molecule has 2 aromatic carbocycles. The second-order valence-corrected chi connectivity index (χ2v) is 7.59. The fourth-order valence-corrected chi connectivity index (χ4v) is 3.65. The van der Waals surface area contributed by atoms with Gasteiger partial charge >= 0.3 is 0 Å². The number of aromatic nitrogens is 1. The average molecular weight is 378 g/mol. The molecular weight excluding hydrogens is 346 g/mol. The Morgan fingerprint density at radius 2 is 1.86 bits per heavy atom. The molecule has 0 bridgehead atoms. The highest BCUT2D eigenvalue weighted by molar-refractivity contribution is 5.83. The van der Waals surface area contributed by atoms with Crippen molar-refractivity contribution in [2.45, 2.75) is 38.6 Å². The predicted octanol–water partition coefficient (Wildman–Crippen LogP) is 4.47. The minimum atomic E-state index is 0.122. The summed E-state index contributed by atoms with van der Waals surface area (Å²) in [6, 6.07) is 17.2. The zero-order chi connectivity index (χ0) is 19.9. The Hall–Kier alpha value is -2.59. The Labute approximate surface area is 167 Å². The molecule has 1 atom stereocenters. The van der Waals surface area contributed by atoms with E-state index < -0.39 is 0 Å². The van der Waals surface area contributed by atoms with Gasteiger partial charge in [-0.1, -0.05) is 49.4 Å². The topological polar surface area (TPSA) is 48.1 Å². The SMILES string of the molecule is CCc1ccc([C@H](CNC(=O)CCCc2c[nH]c3ccccc23)N(C)C)cc1. The van der Waals surface area contributed by atoms with Gasteiger partial charge < -0.3 is 15.2 Å². The number of aromatic amines is 1. The van der Waals surface area contributed by atoms with Crippen molar-refractivity contribution in [2.75, 3.05) is 20.6 Å². The van der Waals surface area contributed by atoms with Gasteiger partial charge in [-0.2, -0.15) is 0 Å². The fraction of sp³-hybridized carbons (Fsp3) is 0.375. The summed E-state index contributed by atoms with van der Waals surface area (Å²) < 4.78 is 0. The van der Waals surface area contributed by atoms with Crippen LogP contribution in [0.15, 0.2) is 54.7 Å². The van der Waals surface area contributed by atoms with E-state index in [2.05, 4.69) is 84.9 Å². The quantitative estimate of drug-likeness (QED) is 0.578. The molecule has 148 valence electrons. The monoisotopic (exact) mass is 377 g/mol. The maximum atomic E-state index is 12.4. The lowest BCUT2D eigenvalue weighted by Crippen LogP contribution is -2.34. The van der Waals surface area contributed by atoms with Crippen molar-refractivity contribution in [3.05, 3.63) is 71.4 Å². The van der Waals surface area contributed by atoms with E-state index in [0.29, 0.717) is 13.0 Å². The van der Waals surface area contributed by atoms with E-state index in [4.69, 9.17) is 0 Å². The minimum absolute atomic E-state index is 0.122. The third-order valence-corrected chi connectivity index (χ3v) is 5.41. The van der Waals surface area contributed by atoms with Crippen LogP contribution in [-0.2, 0) is 17.6 Å². The van der Waals surface area contributed by atoms with Gasteiger partial charge in [0.25, 0.3) is 0 Å². The summed E-state index contributed by atoms with van der Waals surface area (Å²) in [4.78, 5) is 17.8. The summed E-state index contributed by atoms with van der Waals surface area (Å²) in [6.45, 7) is 2.79. The number of aryl methyl sites for hydroxylation is 2. The van der Waals surface area contributed by atoms with Gasteiger partial charge in [0.05, 0.1) is 6.04 Å². The molecule has 1 aromatic heterocycles. The van der Waals surface area contributed by atoms with Crippen molar-refractivity contribution >= 4 is 16.8 Å². The number of H-pyrrole nitrogens is 1. The number of nitrogens with zero attached hydrogens (tertiary/aromatic N) is 1. The molecule has 4 heteroatoms. The Bertz CT molecular complexity index is 896. The van der Waals surface area contributed by atoms with E-state index in [1.165, 1.54) is 22.1 Å². The van der Waals surface area contributed by atoms with E-state index in [0.717, 1.165) is 24.8 Å². The summed E-state index contributed by atoms with van der Waals surface area (Å²) >= 11 is 0. The Morgan fingerprint density at radius 3 is 2.57 bits per heavy atom. The first-order chi connectivity index (χ1) is 13.6. The Kier molecular flexibility index (Phi) is 6.88. The van der Waals surface area contributed by atoms with Gasteiger partial charge in [-0.05, 0) is 56.1 Å². The molecule has 0 aliphatic heterocycles. The second kappa shape index (κ2) is 9.56. The van der Waals surface area contributed by atoms with Crippen LogP contribution in [0.1, 0.15) is 42.5 Å². The molecule has 0 aliphatic carbocycles. The molecule has 0 unspecified atom stereocenters. The predicted molar refractivity (Wildman–Crippen MR) is 116 cm³/mol. The molecule has 3 aromatic rings. The maximum Gasteiger partial charge on any atom is 0.220 e. The molecule has 0 spiro atoms. The van der Waals surface area contributed by atoms with Crippen molar-refractivity contribution in [1.82, 2.24) is 15.2 Å². The van der Waals surface area contributed by atoms with Gasteiger partial charge in [0.2, 0.25) is 5.91 Å². The van der Waals surface area contributed by atoms with Gasteiger partial charge in [0.1, 0.15) is 0 Å². The number of rotatable bonds is 9. The smallest absolute Gasteiger partial charge is 0.220 e. The van der Waals surface area contributed by atoms with Crippen molar-refractivity contribution in [1.29, 1.82) is 0 Å². The first-order valence-electron chi connectivity index (χ1n) is 10.2. The summed E-state index contributed by atoms with van der Waals surface area (Å²) in [7, 11) is 4.11. The largest absolute Gasteiger partial charge is 0.361 e. The molecule has 1 heterocycles. The summed E-state index contributed by atoms with van der Waals surface area (Å²) in [5.74, 6) is 0.122. The molecule has 0 saturated heterocycles. The number of carbonyl (C=O) groups is 1. The van der Waals surface area contributed by atoms with Crippen LogP contribution in [0.25, 0.3) is 10.9 Å². The molecule has 4 nitrogen and oxygen atoms in total. The number of likely N-dealkylation sites (N-methyl/N-ethyl adjacent to an activating group) is 1. The number of benzene rings is 2. The van der Waals surface area contributed by atoms with Crippen molar-refractivity contribution in [3.8, 4) is 0 Å². The molecule has 28 heavy (non-hydrogen) atoms. The number of nitrogens with one attached hydrogen (secondary N) is 2. The molecule has 0 aliphatic rings. The van der Waals surface area contributed by atoms with Crippen LogP contribution in [0.5, 0.6) is 0 Å². The molecule has 0 saturated carbocycles. The van der Waals surface area contributed by atoms with Gasteiger partial charge in [0.15, 0.2) is 0 Å². The van der Waals surface area contributed by atoms with E-state index >= 15 is 0 Å². The highest BCUT2D eigenvalue weighted by Crippen LogP contribution is 2.20. The summed E-state index contributed by atoms with van der Waals surface area (Å²) in [6.07, 6.45) is 5.41. The van der Waals surface area contributed by atoms with Crippen LogP contribution in [-0.4, -0.2) is 36.4 Å². The van der Waals surface area contributed by atoms with Gasteiger partial charge in [-0.25, -0.2) is 0 Å². The van der Waals surface area contributed by atoms with E-state index in [-0.39, 0.29) is 11.9 Å². The van der Waals surface area contributed by atoms with E-state index in [1.807, 2.05) is 6.07 Å². The van der Waals surface area contributed by atoms with Crippen LogP contribution in [0.4, 0.5) is 0 Å². The molecular formula is C24H31N3O. The number of carbonyl (C=O) groups excluding carboxylic acids is 1. The van der Waals surface area contributed by atoms with Crippen LogP contribution >= 0.6 is 0 Å². The number of amides is 1. The van der Waals surface area contributed by atoms with E-state index in [1.54, 1.807) is 0 Å². The Morgan fingerprint density at radius 1 is 1.11 bits per heavy atom. The lowest BCUT2D eigenvalue weighted by atomic mass is 10.0. The minimum Gasteiger partial charge on any atom is -0.361 e. The molecule has 1 amide bonds. The van der Waals surface area contributed by atoms with Gasteiger partial charge in [-0.3, -0.25) is 4.79 Å². The second-order valence-electron chi connectivity index (χ2n) is 7.59. The van der Waals surface area contributed by atoms with Crippen LogP contribution in [0, 0.1) is 0 Å². The highest BCUT2D eigenvalue weighted by atomic mass is 16.1. The van der Waals surface area contributed by atoms with E-state index in [9.17, 15) is 4.79 Å². The third kappa shape index (κ3) is 5.02. The van der Waals surface area contributed by atoms with Gasteiger partial charge in [-0.15, -0.1) is 0 Å². The normalized spacial score (nSPS) is 12.4. The lowest BCUT2D eigenvalue weighted by molar-refractivity contribution is -0.121. The number of fused-ring (bicyclic) bond motifs is 1.